The monoisotopic (exact) mass is 261 g/mol. The average Bonchev–Trinajstić information content (AvgIpc) is 2.75. The van der Waals surface area contributed by atoms with Gasteiger partial charge in [0.25, 0.3) is 5.91 Å². The van der Waals surface area contributed by atoms with E-state index in [1.54, 1.807) is 29.7 Å². The molecule has 0 radical (unpaired) electrons. The molecule has 0 saturated carbocycles. The second-order valence-corrected chi connectivity index (χ2v) is 5.44. The number of benzene rings is 1. The van der Waals surface area contributed by atoms with Crippen molar-refractivity contribution in [2.24, 2.45) is 0 Å². The van der Waals surface area contributed by atoms with Crippen molar-refractivity contribution in [3.05, 3.63) is 45.4 Å². The number of aromatic nitrogens is 1. The van der Waals surface area contributed by atoms with Crippen molar-refractivity contribution in [3.63, 3.8) is 0 Å². The van der Waals surface area contributed by atoms with Crippen LogP contribution in [0.4, 0.5) is 5.69 Å². The lowest BCUT2D eigenvalue weighted by atomic mass is 10.1. The lowest BCUT2D eigenvalue weighted by Crippen LogP contribution is -2.23. The molecule has 0 aliphatic rings. The van der Waals surface area contributed by atoms with E-state index in [0.29, 0.717) is 17.8 Å². The molecular weight excluding hydrogens is 246 g/mol. The van der Waals surface area contributed by atoms with Crippen molar-refractivity contribution in [2.45, 2.75) is 20.4 Å². The fourth-order valence-corrected chi connectivity index (χ4v) is 2.35. The summed E-state index contributed by atoms with van der Waals surface area (Å²) in [6.45, 7) is 4.33. The molecule has 0 atom stereocenters. The lowest BCUT2D eigenvalue weighted by Gasteiger charge is -2.07. The van der Waals surface area contributed by atoms with Crippen molar-refractivity contribution in [2.75, 3.05) is 5.73 Å². The predicted octanol–water partition coefficient (Wildman–Crippen LogP) is 2.27. The molecule has 0 aliphatic carbocycles. The summed E-state index contributed by atoms with van der Waals surface area (Å²) in [6.07, 6.45) is 1.80. The summed E-state index contributed by atoms with van der Waals surface area (Å²) in [5.74, 6) is -0.118. The number of rotatable bonds is 3. The standard InChI is InChI=1S/C13H15N3OS/c1-8-3-4-10(14)5-11(8)13(17)16-7-12-15-6-9(2)18-12/h3-6H,7,14H2,1-2H3,(H,16,17). The summed E-state index contributed by atoms with van der Waals surface area (Å²) in [6, 6.07) is 5.33. The number of hydrogen-bond acceptors (Lipinski definition) is 4. The molecule has 1 aromatic heterocycles. The van der Waals surface area contributed by atoms with Crippen molar-refractivity contribution >= 4 is 22.9 Å². The number of nitrogens with one attached hydrogen (secondary N) is 1. The maximum absolute atomic E-state index is 12.0. The van der Waals surface area contributed by atoms with Gasteiger partial charge in [0.15, 0.2) is 0 Å². The summed E-state index contributed by atoms with van der Waals surface area (Å²) in [5.41, 5.74) is 7.81. The minimum atomic E-state index is -0.118. The third-order valence-electron chi connectivity index (χ3n) is 2.58. The molecule has 3 N–H and O–H groups in total. The molecule has 0 aliphatic heterocycles. The molecule has 0 saturated heterocycles. The minimum absolute atomic E-state index is 0.118. The van der Waals surface area contributed by atoms with Crippen molar-refractivity contribution in [1.29, 1.82) is 0 Å². The highest BCUT2D eigenvalue weighted by Crippen LogP contribution is 2.14. The topological polar surface area (TPSA) is 68.0 Å². The zero-order chi connectivity index (χ0) is 13.1. The zero-order valence-electron chi connectivity index (χ0n) is 10.4. The number of carbonyl (C=O) groups is 1. The number of nitrogen functional groups attached to an aromatic ring is 1. The maximum atomic E-state index is 12.0. The number of aryl methyl sites for hydroxylation is 2. The zero-order valence-corrected chi connectivity index (χ0v) is 11.2. The quantitative estimate of drug-likeness (QED) is 0.833. The SMILES string of the molecule is Cc1cnc(CNC(=O)c2cc(N)ccc2C)s1. The number of thiazole rings is 1. The molecule has 1 heterocycles. The Bertz CT molecular complexity index is 577. The maximum Gasteiger partial charge on any atom is 0.251 e. The van der Waals surface area contributed by atoms with Crippen LogP contribution in [-0.2, 0) is 6.54 Å². The largest absolute Gasteiger partial charge is 0.399 e. The van der Waals surface area contributed by atoms with Gasteiger partial charge in [0.2, 0.25) is 0 Å². The van der Waals surface area contributed by atoms with Crippen LogP contribution in [0.5, 0.6) is 0 Å². The van der Waals surface area contributed by atoms with E-state index in [0.717, 1.165) is 15.4 Å². The molecule has 1 amide bonds. The van der Waals surface area contributed by atoms with Crippen LogP contribution < -0.4 is 11.1 Å². The molecule has 5 heteroatoms. The van der Waals surface area contributed by atoms with Gasteiger partial charge in [-0.3, -0.25) is 4.79 Å². The molecule has 0 bridgehead atoms. The van der Waals surface area contributed by atoms with Crippen molar-refractivity contribution in [1.82, 2.24) is 10.3 Å². The second-order valence-electron chi connectivity index (χ2n) is 4.12. The van der Waals surface area contributed by atoms with Crippen LogP contribution in [0.15, 0.2) is 24.4 Å². The average molecular weight is 261 g/mol. The first-order chi connectivity index (χ1) is 8.56. The normalized spacial score (nSPS) is 10.3. The Labute approximate surface area is 110 Å². The van der Waals surface area contributed by atoms with Gasteiger partial charge in [-0.05, 0) is 31.5 Å². The van der Waals surface area contributed by atoms with E-state index >= 15 is 0 Å². The summed E-state index contributed by atoms with van der Waals surface area (Å²) in [5, 5.41) is 3.76. The van der Waals surface area contributed by atoms with Gasteiger partial charge in [0.1, 0.15) is 5.01 Å². The predicted molar refractivity (Wildman–Crippen MR) is 73.6 cm³/mol. The first-order valence-electron chi connectivity index (χ1n) is 5.62. The van der Waals surface area contributed by atoms with E-state index in [9.17, 15) is 4.79 Å². The second kappa shape index (κ2) is 5.18. The van der Waals surface area contributed by atoms with Crippen LogP contribution in [-0.4, -0.2) is 10.9 Å². The van der Waals surface area contributed by atoms with Crippen LogP contribution in [0.3, 0.4) is 0 Å². The molecule has 1 aromatic carbocycles. The van der Waals surface area contributed by atoms with Gasteiger partial charge in [-0.25, -0.2) is 4.98 Å². The Morgan fingerprint density at radius 3 is 2.89 bits per heavy atom. The molecule has 0 fully saturated rings. The number of hydrogen-bond donors (Lipinski definition) is 2. The first-order valence-corrected chi connectivity index (χ1v) is 6.43. The van der Waals surface area contributed by atoms with E-state index in [2.05, 4.69) is 10.3 Å². The van der Waals surface area contributed by atoms with Gasteiger partial charge >= 0.3 is 0 Å². The highest BCUT2D eigenvalue weighted by Gasteiger charge is 2.09. The van der Waals surface area contributed by atoms with E-state index in [-0.39, 0.29) is 5.91 Å². The molecule has 94 valence electrons. The molecule has 4 nitrogen and oxygen atoms in total. The van der Waals surface area contributed by atoms with E-state index < -0.39 is 0 Å². The Balaban J connectivity index is 2.05. The number of amides is 1. The van der Waals surface area contributed by atoms with Gasteiger partial charge in [-0.1, -0.05) is 6.07 Å². The Hall–Kier alpha value is -1.88. The molecule has 0 spiro atoms. The summed E-state index contributed by atoms with van der Waals surface area (Å²) >= 11 is 1.58. The highest BCUT2D eigenvalue weighted by molar-refractivity contribution is 7.11. The van der Waals surface area contributed by atoms with Gasteiger partial charge in [-0.15, -0.1) is 11.3 Å². The van der Waals surface area contributed by atoms with Crippen LogP contribution in [0.1, 0.15) is 25.8 Å². The van der Waals surface area contributed by atoms with Gasteiger partial charge in [0.05, 0.1) is 6.54 Å². The highest BCUT2D eigenvalue weighted by atomic mass is 32.1. The Morgan fingerprint density at radius 2 is 2.22 bits per heavy atom. The van der Waals surface area contributed by atoms with E-state index in [4.69, 9.17) is 5.73 Å². The van der Waals surface area contributed by atoms with E-state index in [1.807, 2.05) is 19.9 Å². The lowest BCUT2D eigenvalue weighted by molar-refractivity contribution is 0.0950. The fraction of sp³-hybridized carbons (Fsp3) is 0.231. The van der Waals surface area contributed by atoms with E-state index in [1.165, 1.54) is 0 Å². The molecule has 2 aromatic rings. The number of nitrogens with two attached hydrogens (primary N) is 1. The third-order valence-corrected chi connectivity index (χ3v) is 3.49. The molecule has 2 rings (SSSR count). The van der Waals surface area contributed by atoms with Crippen LogP contribution in [0.2, 0.25) is 0 Å². The summed E-state index contributed by atoms with van der Waals surface area (Å²) in [7, 11) is 0. The molecule has 0 unspecified atom stereocenters. The van der Waals surface area contributed by atoms with Gasteiger partial charge in [0, 0.05) is 22.3 Å². The van der Waals surface area contributed by atoms with Crippen molar-refractivity contribution in [3.8, 4) is 0 Å². The molecular formula is C13H15N3OS. The number of carbonyl (C=O) groups excluding carboxylic acids is 1. The smallest absolute Gasteiger partial charge is 0.251 e. The summed E-state index contributed by atoms with van der Waals surface area (Å²) < 4.78 is 0. The fourth-order valence-electron chi connectivity index (χ4n) is 1.62. The Morgan fingerprint density at radius 1 is 1.44 bits per heavy atom. The summed E-state index contributed by atoms with van der Waals surface area (Å²) in [4.78, 5) is 17.3. The van der Waals surface area contributed by atoms with Crippen LogP contribution >= 0.6 is 11.3 Å². The minimum Gasteiger partial charge on any atom is -0.399 e. The third kappa shape index (κ3) is 2.87. The van der Waals surface area contributed by atoms with Crippen LogP contribution in [0, 0.1) is 13.8 Å². The van der Waals surface area contributed by atoms with Gasteiger partial charge < -0.3 is 11.1 Å². The van der Waals surface area contributed by atoms with Gasteiger partial charge in [-0.2, -0.15) is 0 Å². The first kappa shape index (κ1) is 12.6. The Kier molecular flexibility index (Phi) is 3.62. The van der Waals surface area contributed by atoms with Crippen molar-refractivity contribution < 1.29 is 4.79 Å². The molecule has 18 heavy (non-hydrogen) atoms. The van der Waals surface area contributed by atoms with Crippen LogP contribution in [0.25, 0.3) is 0 Å². The number of nitrogens with zero attached hydrogens (tertiary/aromatic N) is 1. The number of anilines is 1.